The number of ether oxygens (including phenoxy) is 2. The largest absolute Gasteiger partial charge is 0.481 e. The van der Waals surface area contributed by atoms with Gasteiger partial charge >= 0.3 is 23.9 Å². The molecule has 0 saturated carbocycles. The van der Waals surface area contributed by atoms with E-state index in [1.807, 2.05) is 0 Å². The van der Waals surface area contributed by atoms with Gasteiger partial charge in [-0.3, -0.25) is 19.2 Å². The van der Waals surface area contributed by atoms with E-state index in [2.05, 4.69) is 45.9 Å². The predicted octanol–water partition coefficient (Wildman–Crippen LogP) is 8.04. The number of aliphatic carboxylic acids is 2. The molecule has 0 unspecified atom stereocenters. The van der Waals surface area contributed by atoms with E-state index < -0.39 is 29.5 Å². The van der Waals surface area contributed by atoms with Crippen molar-refractivity contribution in [3.8, 4) is 11.5 Å². The molecule has 0 radical (unpaired) electrons. The fraction of sp³-hybridized carbons (Fsp3) is 0.568. The van der Waals surface area contributed by atoms with Crippen LogP contribution in [-0.2, 0) is 25.6 Å². The number of aliphatic hydroxyl groups is 1. The van der Waals surface area contributed by atoms with Gasteiger partial charge in [-0.1, -0.05) is 34.9 Å². The molecular weight excluding hydrogens is 588 g/mol. The van der Waals surface area contributed by atoms with Gasteiger partial charge in [0, 0.05) is 5.56 Å². The van der Waals surface area contributed by atoms with Crippen LogP contribution in [0.5, 0.6) is 11.5 Å². The first kappa shape index (κ1) is 40.3. The molecule has 9 nitrogen and oxygen atoms in total. The molecule has 1 rings (SSSR count). The zero-order valence-corrected chi connectivity index (χ0v) is 29.0. The Balaban J connectivity index is 3.07. The summed E-state index contributed by atoms with van der Waals surface area (Å²) in [6.45, 7) is 15.4. The highest BCUT2D eigenvalue weighted by molar-refractivity contribution is 5.81. The Morgan fingerprint density at radius 3 is 1.59 bits per heavy atom. The first-order chi connectivity index (χ1) is 21.4. The van der Waals surface area contributed by atoms with Crippen LogP contribution in [0.15, 0.2) is 34.9 Å². The van der Waals surface area contributed by atoms with Crippen LogP contribution in [0.4, 0.5) is 0 Å². The number of allylic oxidation sites excluding steroid dienone is 6. The molecule has 0 aliphatic heterocycles. The number of carbonyl (C=O) groups is 4. The molecule has 0 aliphatic carbocycles. The lowest BCUT2D eigenvalue weighted by Crippen LogP contribution is -2.25. The third kappa shape index (κ3) is 15.5. The summed E-state index contributed by atoms with van der Waals surface area (Å²) in [5, 5.41) is 29.2. The zero-order chi connectivity index (χ0) is 35.0. The molecule has 0 amide bonds. The van der Waals surface area contributed by atoms with Gasteiger partial charge in [-0.15, -0.1) is 0 Å². The maximum absolute atomic E-state index is 12.6. The smallest absolute Gasteiger partial charge is 0.311 e. The minimum atomic E-state index is -1.12. The summed E-state index contributed by atoms with van der Waals surface area (Å²) in [4.78, 5) is 46.9. The van der Waals surface area contributed by atoms with Crippen molar-refractivity contribution in [2.45, 2.75) is 138 Å². The molecule has 1 aromatic rings. The van der Waals surface area contributed by atoms with Gasteiger partial charge in [0.25, 0.3) is 0 Å². The highest BCUT2D eigenvalue weighted by Gasteiger charge is 2.26. The molecule has 0 spiro atoms. The molecule has 0 bridgehead atoms. The van der Waals surface area contributed by atoms with Crippen molar-refractivity contribution < 1.29 is 44.0 Å². The number of carbonyl (C=O) groups excluding carboxylic acids is 2. The first-order valence-electron chi connectivity index (χ1n) is 16.1. The number of hydrogen-bond acceptors (Lipinski definition) is 7. The van der Waals surface area contributed by atoms with Gasteiger partial charge in [-0.25, -0.2) is 0 Å². The summed E-state index contributed by atoms with van der Waals surface area (Å²) >= 11 is 0. The topological polar surface area (TPSA) is 147 Å². The Labute approximate surface area is 274 Å². The van der Waals surface area contributed by atoms with E-state index in [0.29, 0.717) is 47.9 Å². The second-order valence-electron chi connectivity index (χ2n) is 12.7. The third-order valence-electron chi connectivity index (χ3n) is 8.04. The molecule has 256 valence electrons. The second-order valence-corrected chi connectivity index (χ2v) is 12.7. The van der Waals surface area contributed by atoms with E-state index in [1.54, 1.807) is 27.7 Å². The number of rotatable bonds is 20. The van der Waals surface area contributed by atoms with Gasteiger partial charge in [0.2, 0.25) is 0 Å². The Bertz CT molecular complexity index is 1320. The van der Waals surface area contributed by atoms with Crippen molar-refractivity contribution in [2.24, 2.45) is 0 Å². The highest BCUT2D eigenvalue weighted by atomic mass is 16.5. The summed E-state index contributed by atoms with van der Waals surface area (Å²) in [7, 11) is 0. The van der Waals surface area contributed by atoms with Crippen LogP contribution in [0.1, 0.15) is 128 Å². The van der Waals surface area contributed by atoms with Crippen molar-refractivity contribution in [3.05, 3.63) is 57.2 Å². The zero-order valence-electron chi connectivity index (χ0n) is 29.0. The van der Waals surface area contributed by atoms with Gasteiger partial charge in [-0.2, -0.15) is 0 Å². The summed E-state index contributed by atoms with van der Waals surface area (Å²) in [6, 6.07) is 0. The molecule has 0 aromatic heterocycles. The van der Waals surface area contributed by atoms with E-state index in [1.165, 1.54) is 16.7 Å². The summed E-state index contributed by atoms with van der Waals surface area (Å²) < 4.78 is 11.3. The van der Waals surface area contributed by atoms with Crippen molar-refractivity contribution in [2.75, 3.05) is 0 Å². The standard InChI is InChI=1S/C37H54O9/c1-24(2)12-9-13-25(3)14-10-15-26(4)16-11-22-37(8,44)23-21-30-29(7)35(45-33(42)19-17-31(38)39)27(5)28(6)36(30)46-34(43)20-18-32(40)41/h12,14,16,44H,9-11,13,15,17-23H2,1-8H3,(H,38,39)(H,40,41)/b25-14+,26-16+/t37-/m1/s1. The lowest BCUT2D eigenvalue weighted by molar-refractivity contribution is -0.142. The monoisotopic (exact) mass is 642 g/mol. The predicted molar refractivity (Wildman–Crippen MR) is 179 cm³/mol. The van der Waals surface area contributed by atoms with Crippen LogP contribution in [0, 0.1) is 20.8 Å². The summed E-state index contributed by atoms with van der Waals surface area (Å²) in [5.74, 6) is -3.13. The molecule has 0 heterocycles. The number of benzene rings is 1. The van der Waals surface area contributed by atoms with Crippen LogP contribution in [-0.4, -0.2) is 44.8 Å². The minimum absolute atomic E-state index is 0.256. The minimum Gasteiger partial charge on any atom is -0.481 e. The van der Waals surface area contributed by atoms with E-state index in [0.717, 1.165) is 25.7 Å². The Kier molecular flexibility index (Phi) is 17.3. The first-order valence-corrected chi connectivity index (χ1v) is 16.1. The van der Waals surface area contributed by atoms with Gasteiger partial charge in [-0.05, 0) is 123 Å². The molecule has 1 aromatic carbocycles. The van der Waals surface area contributed by atoms with Crippen molar-refractivity contribution >= 4 is 23.9 Å². The highest BCUT2D eigenvalue weighted by Crippen LogP contribution is 2.40. The molecule has 0 fully saturated rings. The quantitative estimate of drug-likeness (QED) is 0.0730. The molecule has 9 heteroatoms. The van der Waals surface area contributed by atoms with E-state index in [4.69, 9.17) is 19.7 Å². The Morgan fingerprint density at radius 1 is 0.630 bits per heavy atom. The Morgan fingerprint density at radius 2 is 1.09 bits per heavy atom. The van der Waals surface area contributed by atoms with Crippen molar-refractivity contribution in [1.82, 2.24) is 0 Å². The van der Waals surface area contributed by atoms with E-state index >= 15 is 0 Å². The maximum atomic E-state index is 12.6. The number of carboxylic acids is 2. The third-order valence-corrected chi connectivity index (χ3v) is 8.04. The van der Waals surface area contributed by atoms with Crippen molar-refractivity contribution in [1.29, 1.82) is 0 Å². The number of hydrogen-bond donors (Lipinski definition) is 3. The van der Waals surface area contributed by atoms with Crippen molar-refractivity contribution in [3.63, 3.8) is 0 Å². The average Bonchev–Trinajstić information content (AvgIpc) is 2.95. The van der Waals surface area contributed by atoms with Crippen LogP contribution in [0.2, 0.25) is 0 Å². The molecular formula is C37H54O9. The fourth-order valence-corrected chi connectivity index (χ4v) is 4.98. The van der Waals surface area contributed by atoms with Gasteiger partial charge in [0.05, 0.1) is 31.3 Å². The van der Waals surface area contributed by atoms with Crippen LogP contribution in [0.25, 0.3) is 0 Å². The average molecular weight is 643 g/mol. The molecule has 0 aliphatic rings. The lowest BCUT2D eigenvalue weighted by Gasteiger charge is -2.26. The Hall–Kier alpha value is -3.72. The van der Waals surface area contributed by atoms with Crippen LogP contribution < -0.4 is 9.47 Å². The second kappa shape index (κ2) is 19.7. The van der Waals surface area contributed by atoms with Gasteiger partial charge < -0.3 is 24.8 Å². The molecule has 0 saturated heterocycles. The van der Waals surface area contributed by atoms with E-state index in [-0.39, 0.29) is 37.2 Å². The lowest BCUT2D eigenvalue weighted by atomic mass is 9.88. The van der Waals surface area contributed by atoms with Crippen LogP contribution >= 0.6 is 0 Å². The maximum Gasteiger partial charge on any atom is 0.311 e. The van der Waals surface area contributed by atoms with Gasteiger partial charge in [0.15, 0.2) is 0 Å². The SMILES string of the molecule is CC(C)=CCC/C(C)=C/CC/C(C)=C/CC[C@@](C)(O)CCc1c(C)c(OC(=O)CCC(=O)O)c(C)c(C)c1OC(=O)CCC(=O)O. The van der Waals surface area contributed by atoms with Gasteiger partial charge in [0.1, 0.15) is 11.5 Å². The summed E-state index contributed by atoms with van der Waals surface area (Å²) in [5.41, 5.74) is 5.10. The van der Waals surface area contributed by atoms with Crippen LogP contribution in [0.3, 0.4) is 0 Å². The number of esters is 2. The molecule has 1 atom stereocenters. The normalized spacial score (nSPS) is 13.2. The fourth-order valence-electron chi connectivity index (χ4n) is 4.98. The molecule has 3 N–H and O–H groups in total. The summed E-state index contributed by atoms with van der Waals surface area (Å²) in [6.07, 6.45) is 11.2. The molecule has 46 heavy (non-hydrogen) atoms. The number of carboxylic acid groups (broad SMARTS) is 2. The van der Waals surface area contributed by atoms with E-state index in [9.17, 15) is 24.3 Å².